The lowest BCUT2D eigenvalue weighted by molar-refractivity contribution is 0.137. The van der Waals surface area contributed by atoms with E-state index >= 15 is 0 Å². The minimum Gasteiger partial charge on any atom is -0.298 e. The van der Waals surface area contributed by atoms with Gasteiger partial charge in [-0.2, -0.15) is 17.7 Å². The third kappa shape index (κ3) is 1.67. The maximum Gasteiger partial charge on any atom is 0.264 e. The highest BCUT2D eigenvalue weighted by Crippen LogP contribution is 2.42. The molecule has 2 aromatic rings. The summed E-state index contributed by atoms with van der Waals surface area (Å²) in [4.78, 5) is 16.6. The summed E-state index contributed by atoms with van der Waals surface area (Å²) in [5.41, 5.74) is 0.829. The first-order valence-corrected chi connectivity index (χ1v) is 6.76. The monoisotopic (exact) mass is 264 g/mol. The number of hydrogen-bond donors (Lipinski definition) is 1. The molecule has 0 amide bonds. The molecule has 2 heterocycles. The zero-order chi connectivity index (χ0) is 12.8. The summed E-state index contributed by atoms with van der Waals surface area (Å²) >= 11 is 4.42. The zero-order valence-corrected chi connectivity index (χ0v) is 11.2. The van der Waals surface area contributed by atoms with Crippen LogP contribution in [0.25, 0.3) is 11.0 Å². The van der Waals surface area contributed by atoms with Gasteiger partial charge in [-0.05, 0) is 24.0 Å². The molecule has 0 radical (unpaired) electrons. The lowest BCUT2D eigenvalue weighted by Crippen LogP contribution is -2.39. The van der Waals surface area contributed by atoms with E-state index in [9.17, 15) is 4.79 Å². The van der Waals surface area contributed by atoms with Crippen LogP contribution in [-0.2, 0) is 13.6 Å². The molecular weight excluding hydrogens is 248 g/mol. The highest BCUT2D eigenvalue weighted by atomic mass is 32.1. The summed E-state index contributed by atoms with van der Waals surface area (Å²) in [7, 11) is 1.79. The van der Waals surface area contributed by atoms with Crippen LogP contribution in [0.3, 0.4) is 0 Å². The van der Waals surface area contributed by atoms with Gasteiger partial charge in [0.1, 0.15) is 5.39 Å². The molecule has 0 bridgehead atoms. The number of thiol groups is 1. The molecule has 18 heavy (non-hydrogen) atoms. The van der Waals surface area contributed by atoms with Crippen LogP contribution >= 0.6 is 12.6 Å². The normalized spacial score (nSPS) is 17.9. The Hall–Kier alpha value is -1.30. The smallest absolute Gasteiger partial charge is 0.264 e. The molecule has 2 aromatic heterocycles. The second kappa shape index (κ2) is 4.12. The lowest BCUT2D eigenvalue weighted by atomic mass is 9.70. The molecule has 5 nitrogen and oxygen atoms in total. The summed E-state index contributed by atoms with van der Waals surface area (Å²) in [6.45, 7) is 0.715. The minimum absolute atomic E-state index is 0.00107. The Bertz CT molecular complexity index is 636. The van der Waals surface area contributed by atoms with Gasteiger partial charge in [0.2, 0.25) is 0 Å². The molecule has 96 valence electrons. The molecule has 0 atom stereocenters. The zero-order valence-electron chi connectivity index (χ0n) is 10.3. The first-order valence-electron chi connectivity index (χ1n) is 6.13. The van der Waals surface area contributed by atoms with Crippen molar-refractivity contribution in [2.45, 2.75) is 25.8 Å². The van der Waals surface area contributed by atoms with Gasteiger partial charge in [-0.3, -0.25) is 14.0 Å². The van der Waals surface area contributed by atoms with Gasteiger partial charge in [-0.15, -0.1) is 0 Å². The van der Waals surface area contributed by atoms with Crippen LogP contribution in [0.4, 0.5) is 0 Å². The van der Waals surface area contributed by atoms with E-state index in [1.54, 1.807) is 28.8 Å². The average molecular weight is 264 g/mol. The molecule has 1 aliphatic carbocycles. The fourth-order valence-electron chi connectivity index (χ4n) is 2.58. The molecule has 1 fully saturated rings. The fraction of sp³-hybridized carbons (Fsp3) is 0.583. The van der Waals surface area contributed by atoms with E-state index in [0.29, 0.717) is 17.6 Å². The van der Waals surface area contributed by atoms with Crippen LogP contribution in [0, 0.1) is 5.41 Å². The van der Waals surface area contributed by atoms with E-state index in [1.807, 2.05) is 0 Å². The van der Waals surface area contributed by atoms with Crippen molar-refractivity contribution in [1.82, 2.24) is 19.3 Å². The maximum absolute atomic E-state index is 12.3. The van der Waals surface area contributed by atoms with Crippen LogP contribution in [0.1, 0.15) is 19.3 Å². The quantitative estimate of drug-likeness (QED) is 0.848. The van der Waals surface area contributed by atoms with Gasteiger partial charge in [0.15, 0.2) is 5.65 Å². The van der Waals surface area contributed by atoms with Gasteiger partial charge in [-0.25, -0.2) is 4.98 Å². The Morgan fingerprint density at radius 1 is 1.50 bits per heavy atom. The van der Waals surface area contributed by atoms with Crippen LogP contribution in [0.2, 0.25) is 0 Å². The molecule has 0 unspecified atom stereocenters. The fourth-order valence-corrected chi connectivity index (χ4v) is 3.00. The molecule has 3 rings (SSSR count). The molecule has 0 saturated heterocycles. The van der Waals surface area contributed by atoms with Gasteiger partial charge in [0, 0.05) is 13.6 Å². The standard InChI is InChI=1S/C12H16N4OS/c1-15-10-9(5-14-15)11(17)16(8-13-10)6-12(7-18)3-2-4-12/h5,8,18H,2-4,6-7H2,1H3. The molecule has 1 saturated carbocycles. The Morgan fingerprint density at radius 3 is 2.89 bits per heavy atom. The summed E-state index contributed by atoms with van der Waals surface area (Å²) in [6.07, 6.45) is 6.76. The Morgan fingerprint density at radius 2 is 2.28 bits per heavy atom. The molecule has 6 heteroatoms. The van der Waals surface area contributed by atoms with Crippen molar-refractivity contribution in [2.75, 3.05) is 5.75 Å². The van der Waals surface area contributed by atoms with Crippen molar-refractivity contribution < 1.29 is 0 Å². The number of nitrogens with zero attached hydrogens (tertiary/aromatic N) is 4. The van der Waals surface area contributed by atoms with E-state index in [1.165, 1.54) is 6.42 Å². The molecule has 0 aromatic carbocycles. The number of hydrogen-bond acceptors (Lipinski definition) is 4. The predicted octanol–water partition coefficient (Wildman–Crippen LogP) is 1.23. The van der Waals surface area contributed by atoms with Crippen molar-refractivity contribution in [1.29, 1.82) is 0 Å². The Kier molecular flexibility index (Phi) is 2.69. The second-order valence-corrected chi connectivity index (χ2v) is 5.51. The van der Waals surface area contributed by atoms with E-state index < -0.39 is 0 Å². The van der Waals surface area contributed by atoms with Crippen molar-refractivity contribution >= 4 is 23.7 Å². The topological polar surface area (TPSA) is 52.7 Å². The first-order chi connectivity index (χ1) is 8.65. The number of fused-ring (bicyclic) bond motifs is 1. The van der Waals surface area contributed by atoms with Crippen LogP contribution in [0.5, 0.6) is 0 Å². The van der Waals surface area contributed by atoms with Crippen LogP contribution in [-0.4, -0.2) is 25.1 Å². The van der Waals surface area contributed by atoms with E-state index in [0.717, 1.165) is 18.6 Å². The highest BCUT2D eigenvalue weighted by Gasteiger charge is 2.36. The largest absolute Gasteiger partial charge is 0.298 e. The summed E-state index contributed by atoms with van der Waals surface area (Å²) < 4.78 is 3.33. The van der Waals surface area contributed by atoms with Crippen molar-refractivity contribution in [3.8, 4) is 0 Å². The van der Waals surface area contributed by atoms with Crippen LogP contribution < -0.4 is 5.56 Å². The van der Waals surface area contributed by atoms with E-state index in [2.05, 4.69) is 22.7 Å². The number of aryl methyl sites for hydroxylation is 1. The van der Waals surface area contributed by atoms with Gasteiger partial charge < -0.3 is 0 Å². The lowest BCUT2D eigenvalue weighted by Gasteiger charge is -2.41. The summed E-state index contributed by atoms with van der Waals surface area (Å²) in [6, 6.07) is 0. The maximum atomic E-state index is 12.3. The molecule has 0 N–H and O–H groups in total. The third-order valence-electron chi connectivity index (χ3n) is 3.97. The first kappa shape index (κ1) is 11.8. The molecule has 1 aliphatic rings. The third-order valence-corrected chi connectivity index (χ3v) is 4.64. The van der Waals surface area contributed by atoms with Gasteiger partial charge in [0.05, 0.1) is 12.5 Å². The van der Waals surface area contributed by atoms with Gasteiger partial charge in [0.25, 0.3) is 5.56 Å². The summed E-state index contributed by atoms with van der Waals surface area (Å²) in [5, 5.41) is 4.67. The average Bonchev–Trinajstić information content (AvgIpc) is 2.69. The van der Waals surface area contributed by atoms with Crippen molar-refractivity contribution in [2.24, 2.45) is 12.5 Å². The van der Waals surface area contributed by atoms with E-state index in [-0.39, 0.29) is 11.0 Å². The minimum atomic E-state index is 0.00107. The molecular formula is C12H16N4OS. The Balaban J connectivity index is 2.03. The number of rotatable bonds is 3. The van der Waals surface area contributed by atoms with Crippen LogP contribution in [0.15, 0.2) is 17.3 Å². The number of aromatic nitrogens is 4. The van der Waals surface area contributed by atoms with Crippen molar-refractivity contribution in [3.63, 3.8) is 0 Å². The predicted molar refractivity (Wildman–Crippen MR) is 72.9 cm³/mol. The van der Waals surface area contributed by atoms with Crippen molar-refractivity contribution in [3.05, 3.63) is 22.9 Å². The SMILES string of the molecule is Cn1ncc2c(=O)n(CC3(CS)CCC3)cnc21. The Labute approximate surface area is 110 Å². The molecule has 0 spiro atoms. The molecule has 0 aliphatic heterocycles. The van der Waals surface area contributed by atoms with Gasteiger partial charge >= 0.3 is 0 Å². The van der Waals surface area contributed by atoms with Gasteiger partial charge in [-0.1, -0.05) is 6.42 Å². The highest BCUT2D eigenvalue weighted by molar-refractivity contribution is 7.80. The second-order valence-electron chi connectivity index (χ2n) is 5.19. The van der Waals surface area contributed by atoms with E-state index in [4.69, 9.17) is 0 Å². The summed E-state index contributed by atoms with van der Waals surface area (Å²) in [5.74, 6) is 0.824.